The topological polar surface area (TPSA) is 15.3 Å². The maximum atomic E-state index is 6.13. The van der Waals surface area contributed by atoms with Crippen LogP contribution in [0.2, 0.25) is 5.02 Å². The quantitative estimate of drug-likeness (QED) is 0.875. The zero-order valence-electron chi connectivity index (χ0n) is 9.94. The zero-order chi connectivity index (χ0) is 12.3. The molecule has 0 aliphatic carbocycles. The van der Waals surface area contributed by atoms with Crippen molar-refractivity contribution in [3.63, 3.8) is 0 Å². The van der Waals surface area contributed by atoms with Gasteiger partial charge in [0.1, 0.15) is 0 Å². The molecule has 1 N–H and O–H groups in total. The monoisotopic (exact) mass is 246 g/mol. The van der Waals surface area contributed by atoms with Crippen LogP contribution in [0.4, 0.5) is 17.1 Å². The van der Waals surface area contributed by atoms with E-state index in [1.807, 2.05) is 56.6 Å². The molecule has 0 aromatic heterocycles. The summed E-state index contributed by atoms with van der Waals surface area (Å²) in [6.07, 6.45) is 0. The second kappa shape index (κ2) is 5.11. The van der Waals surface area contributed by atoms with Crippen molar-refractivity contribution in [1.82, 2.24) is 0 Å². The lowest BCUT2D eigenvalue weighted by Crippen LogP contribution is -2.10. The van der Waals surface area contributed by atoms with Gasteiger partial charge in [-0.15, -0.1) is 0 Å². The van der Waals surface area contributed by atoms with Crippen molar-refractivity contribution in [2.45, 2.75) is 0 Å². The van der Waals surface area contributed by atoms with Crippen LogP contribution in [0.5, 0.6) is 0 Å². The second-order valence-electron chi connectivity index (χ2n) is 4.02. The molecular formula is C14H15ClN2. The number of hydrogen-bond acceptors (Lipinski definition) is 2. The highest BCUT2D eigenvalue weighted by Crippen LogP contribution is 2.30. The molecule has 0 atom stereocenters. The predicted octanol–water partition coefficient (Wildman–Crippen LogP) is 4.15. The highest BCUT2D eigenvalue weighted by Gasteiger charge is 2.05. The Morgan fingerprint density at radius 3 is 2.12 bits per heavy atom. The molecule has 0 bridgehead atoms. The van der Waals surface area contributed by atoms with Gasteiger partial charge >= 0.3 is 0 Å². The average Bonchev–Trinajstić information content (AvgIpc) is 2.32. The van der Waals surface area contributed by atoms with Gasteiger partial charge in [0.15, 0.2) is 0 Å². The van der Waals surface area contributed by atoms with Gasteiger partial charge in [-0.05, 0) is 24.3 Å². The molecule has 0 aliphatic rings. The minimum Gasteiger partial charge on any atom is -0.376 e. The van der Waals surface area contributed by atoms with Crippen molar-refractivity contribution in [3.8, 4) is 0 Å². The van der Waals surface area contributed by atoms with Gasteiger partial charge in [-0.25, -0.2) is 0 Å². The Hall–Kier alpha value is -1.67. The molecule has 2 aromatic carbocycles. The van der Waals surface area contributed by atoms with Gasteiger partial charge in [0.25, 0.3) is 0 Å². The molecule has 3 heteroatoms. The fourth-order valence-electron chi connectivity index (χ4n) is 1.68. The van der Waals surface area contributed by atoms with Crippen LogP contribution in [-0.4, -0.2) is 14.1 Å². The minimum absolute atomic E-state index is 0.723. The number of halogens is 1. The van der Waals surface area contributed by atoms with Gasteiger partial charge < -0.3 is 10.2 Å². The molecule has 2 aromatic rings. The van der Waals surface area contributed by atoms with Crippen molar-refractivity contribution in [2.75, 3.05) is 24.3 Å². The van der Waals surface area contributed by atoms with E-state index in [1.165, 1.54) is 0 Å². The third-order valence-electron chi connectivity index (χ3n) is 2.53. The van der Waals surface area contributed by atoms with E-state index in [2.05, 4.69) is 16.3 Å². The predicted molar refractivity (Wildman–Crippen MR) is 75.5 cm³/mol. The molecule has 88 valence electrons. The van der Waals surface area contributed by atoms with Gasteiger partial charge in [0.2, 0.25) is 0 Å². The van der Waals surface area contributed by atoms with Crippen LogP contribution < -0.4 is 10.2 Å². The van der Waals surface area contributed by atoms with Crippen LogP contribution in [-0.2, 0) is 0 Å². The maximum Gasteiger partial charge on any atom is 0.0640 e. The largest absolute Gasteiger partial charge is 0.376 e. The van der Waals surface area contributed by atoms with Crippen molar-refractivity contribution in [1.29, 1.82) is 0 Å². The van der Waals surface area contributed by atoms with E-state index in [4.69, 9.17) is 11.6 Å². The summed E-state index contributed by atoms with van der Waals surface area (Å²) in [5.41, 5.74) is 3.10. The number of benzene rings is 2. The molecule has 0 saturated heterocycles. The highest BCUT2D eigenvalue weighted by atomic mass is 35.5. The maximum absolute atomic E-state index is 6.13. The van der Waals surface area contributed by atoms with Crippen molar-refractivity contribution in [2.24, 2.45) is 0 Å². The molecule has 0 saturated carbocycles. The molecule has 0 unspecified atom stereocenters. The van der Waals surface area contributed by atoms with Crippen molar-refractivity contribution in [3.05, 3.63) is 53.6 Å². The van der Waals surface area contributed by atoms with Crippen molar-refractivity contribution >= 4 is 28.7 Å². The molecule has 0 spiro atoms. The zero-order valence-corrected chi connectivity index (χ0v) is 10.7. The van der Waals surface area contributed by atoms with Crippen LogP contribution in [0.3, 0.4) is 0 Å². The Balaban J connectivity index is 2.34. The molecule has 0 fully saturated rings. The van der Waals surface area contributed by atoms with E-state index < -0.39 is 0 Å². The summed E-state index contributed by atoms with van der Waals surface area (Å²) >= 11 is 6.13. The lowest BCUT2D eigenvalue weighted by atomic mass is 10.2. The Kier molecular flexibility index (Phi) is 3.55. The van der Waals surface area contributed by atoms with Crippen LogP contribution in [0.1, 0.15) is 0 Å². The van der Waals surface area contributed by atoms with Gasteiger partial charge in [0, 0.05) is 14.1 Å². The number of anilines is 3. The summed E-state index contributed by atoms with van der Waals surface area (Å²) in [5, 5.41) is 4.07. The first-order chi connectivity index (χ1) is 8.18. The van der Waals surface area contributed by atoms with Crippen LogP contribution in [0, 0.1) is 0 Å². The summed E-state index contributed by atoms with van der Waals surface area (Å²) in [6, 6.07) is 15.9. The van der Waals surface area contributed by atoms with E-state index in [1.54, 1.807) is 0 Å². The number of nitrogens with zero attached hydrogens (tertiary/aromatic N) is 1. The Labute approximate surface area is 107 Å². The second-order valence-corrected chi connectivity index (χ2v) is 4.42. The van der Waals surface area contributed by atoms with E-state index in [0.717, 1.165) is 22.1 Å². The van der Waals surface area contributed by atoms with E-state index >= 15 is 0 Å². The summed E-state index contributed by atoms with van der Waals surface area (Å²) in [7, 11) is 4.04. The molecule has 0 radical (unpaired) electrons. The van der Waals surface area contributed by atoms with E-state index in [0.29, 0.717) is 0 Å². The van der Waals surface area contributed by atoms with Gasteiger partial charge in [-0.3, -0.25) is 0 Å². The first-order valence-corrected chi connectivity index (χ1v) is 5.84. The normalized spacial score (nSPS) is 10.1. The molecular weight excluding hydrogens is 232 g/mol. The summed E-state index contributed by atoms with van der Waals surface area (Å²) in [6.45, 7) is 0. The summed E-state index contributed by atoms with van der Waals surface area (Å²) < 4.78 is 0. The molecule has 17 heavy (non-hydrogen) atoms. The van der Waals surface area contributed by atoms with Crippen LogP contribution in [0.25, 0.3) is 0 Å². The smallest absolute Gasteiger partial charge is 0.0640 e. The van der Waals surface area contributed by atoms with E-state index in [-0.39, 0.29) is 0 Å². The van der Waals surface area contributed by atoms with Crippen molar-refractivity contribution < 1.29 is 0 Å². The highest BCUT2D eigenvalue weighted by molar-refractivity contribution is 6.33. The molecule has 0 aliphatic heterocycles. The van der Waals surface area contributed by atoms with Crippen LogP contribution in [0.15, 0.2) is 48.5 Å². The lowest BCUT2D eigenvalue weighted by Gasteiger charge is -2.18. The third-order valence-corrected chi connectivity index (χ3v) is 2.86. The standard InChI is InChI=1S/C14H15ClN2/c1-17(2)14-10-6-5-9-13(14)16-12-8-4-3-7-11(12)15/h3-10,16H,1-2H3. The van der Waals surface area contributed by atoms with Gasteiger partial charge in [-0.1, -0.05) is 35.9 Å². The first-order valence-electron chi connectivity index (χ1n) is 5.46. The fourth-order valence-corrected chi connectivity index (χ4v) is 1.86. The fraction of sp³-hybridized carbons (Fsp3) is 0.143. The number of rotatable bonds is 3. The lowest BCUT2D eigenvalue weighted by molar-refractivity contribution is 1.13. The summed E-state index contributed by atoms with van der Waals surface area (Å²) in [4.78, 5) is 2.07. The Morgan fingerprint density at radius 2 is 1.47 bits per heavy atom. The first kappa shape index (κ1) is 11.8. The Morgan fingerprint density at radius 1 is 0.882 bits per heavy atom. The third kappa shape index (κ3) is 2.71. The average molecular weight is 247 g/mol. The van der Waals surface area contributed by atoms with Gasteiger partial charge in [0.05, 0.1) is 22.1 Å². The SMILES string of the molecule is CN(C)c1ccccc1Nc1ccccc1Cl. The summed E-state index contributed by atoms with van der Waals surface area (Å²) in [5.74, 6) is 0. The molecule has 0 amide bonds. The van der Waals surface area contributed by atoms with Gasteiger partial charge in [-0.2, -0.15) is 0 Å². The molecule has 2 rings (SSSR count). The van der Waals surface area contributed by atoms with Crippen LogP contribution >= 0.6 is 11.6 Å². The number of hydrogen-bond donors (Lipinski definition) is 1. The Bertz CT molecular complexity index is 509. The number of nitrogens with one attached hydrogen (secondary N) is 1. The molecule has 0 heterocycles. The molecule has 2 nitrogen and oxygen atoms in total. The number of para-hydroxylation sites is 3. The minimum atomic E-state index is 0.723. The van der Waals surface area contributed by atoms with E-state index in [9.17, 15) is 0 Å².